The number of hydrogen-bond donors (Lipinski definition) is 2. The fourth-order valence-electron chi connectivity index (χ4n) is 1.34. The summed E-state index contributed by atoms with van der Waals surface area (Å²) in [7, 11) is 1.36. The van der Waals surface area contributed by atoms with Crippen molar-refractivity contribution < 1.29 is 14.6 Å². The number of nitrogens with zero attached hydrogens (tertiary/aromatic N) is 2. The number of rotatable bonds is 5. The van der Waals surface area contributed by atoms with Crippen molar-refractivity contribution in [3.63, 3.8) is 0 Å². The average Bonchev–Trinajstić information content (AvgIpc) is 2.37. The van der Waals surface area contributed by atoms with Gasteiger partial charge in [-0.05, 0) is 24.1 Å². The molecule has 0 aromatic heterocycles. The number of esters is 1. The summed E-state index contributed by atoms with van der Waals surface area (Å²) in [6.45, 7) is 0. The van der Waals surface area contributed by atoms with Gasteiger partial charge < -0.3 is 15.2 Å². The van der Waals surface area contributed by atoms with Gasteiger partial charge in [0.15, 0.2) is 4.98 Å². The summed E-state index contributed by atoms with van der Waals surface area (Å²) in [5.41, 5.74) is 1.63. The second-order valence-corrected chi connectivity index (χ2v) is 3.53. The minimum Gasteiger partial charge on any atom is -0.489 e. The number of aliphatic hydroxyl groups excluding tert-OH is 1. The first-order valence-corrected chi connectivity index (χ1v) is 5.32. The topological polar surface area (TPSA) is 86.7 Å². The quantitative estimate of drug-likeness (QED) is 0.474. The van der Waals surface area contributed by atoms with Gasteiger partial charge in [0.25, 0.3) is 5.88 Å². The molecule has 1 aromatic rings. The van der Waals surface area contributed by atoms with Gasteiger partial charge in [-0.25, -0.2) is 0 Å². The summed E-state index contributed by atoms with van der Waals surface area (Å²) in [4.78, 5) is 13.6. The summed E-state index contributed by atoms with van der Waals surface area (Å²) in [5, 5.41) is 20.0. The standard InChI is InChI=1S/C12H13N3O3/c1-18-12(17)7-4-9-2-5-10(6-3-9)15-11(16)8-14-13/h2-3,5-6,8,15H,4,7H2,1H3/p+1. The Labute approximate surface area is 105 Å². The Morgan fingerprint density at radius 3 is 2.72 bits per heavy atom. The molecular formula is C12H14N3O3+. The van der Waals surface area contributed by atoms with Gasteiger partial charge in [-0.2, -0.15) is 0 Å². The van der Waals surface area contributed by atoms with Crippen molar-refractivity contribution in [1.29, 1.82) is 5.39 Å². The molecule has 6 heteroatoms. The van der Waals surface area contributed by atoms with Crippen LogP contribution in [0.1, 0.15) is 12.0 Å². The van der Waals surface area contributed by atoms with E-state index in [9.17, 15) is 9.90 Å². The lowest BCUT2D eigenvalue weighted by Gasteiger charge is -2.04. The molecule has 0 aliphatic heterocycles. The van der Waals surface area contributed by atoms with Crippen molar-refractivity contribution in [3.8, 4) is 0 Å². The smallest absolute Gasteiger partial charge is 0.409 e. The molecule has 0 aliphatic rings. The third-order valence-corrected chi connectivity index (χ3v) is 2.25. The van der Waals surface area contributed by atoms with Crippen LogP contribution >= 0.6 is 0 Å². The van der Waals surface area contributed by atoms with Gasteiger partial charge in [0.2, 0.25) is 5.39 Å². The number of benzene rings is 1. The number of hydrogen-bond acceptors (Lipinski definition) is 5. The zero-order valence-electron chi connectivity index (χ0n) is 9.96. The van der Waals surface area contributed by atoms with Crippen molar-refractivity contribution in [2.75, 3.05) is 12.4 Å². The van der Waals surface area contributed by atoms with Crippen molar-refractivity contribution in [1.82, 2.24) is 0 Å². The van der Waals surface area contributed by atoms with Crippen LogP contribution in [-0.2, 0) is 16.0 Å². The highest BCUT2D eigenvalue weighted by molar-refractivity contribution is 5.69. The van der Waals surface area contributed by atoms with Crippen LogP contribution < -0.4 is 5.32 Å². The molecule has 0 amide bonds. The molecule has 1 rings (SSSR count). The second kappa shape index (κ2) is 6.91. The highest BCUT2D eigenvalue weighted by Gasteiger charge is 2.03. The van der Waals surface area contributed by atoms with Crippen molar-refractivity contribution in [2.24, 2.45) is 0 Å². The fraction of sp³-hybridized carbons (Fsp3) is 0.250. The van der Waals surface area contributed by atoms with Gasteiger partial charge in [0, 0.05) is 12.1 Å². The Bertz CT molecular complexity index is 474. The molecule has 0 unspecified atom stereocenters. The maximum Gasteiger partial charge on any atom is 0.409 e. The van der Waals surface area contributed by atoms with Gasteiger partial charge in [0.1, 0.15) is 0 Å². The van der Waals surface area contributed by atoms with Gasteiger partial charge >= 0.3 is 12.2 Å². The van der Waals surface area contributed by atoms with E-state index in [0.717, 1.165) is 11.8 Å². The molecule has 94 valence electrons. The number of methoxy groups -OCH3 is 1. The molecule has 0 saturated carbocycles. The zero-order chi connectivity index (χ0) is 13.4. The summed E-state index contributed by atoms with van der Waals surface area (Å²) in [5.74, 6) is -0.512. The van der Waals surface area contributed by atoms with Crippen molar-refractivity contribution >= 4 is 11.7 Å². The van der Waals surface area contributed by atoms with Crippen LogP contribution in [0.3, 0.4) is 0 Å². The maximum absolute atomic E-state index is 11.0. The predicted molar refractivity (Wildman–Crippen MR) is 66.2 cm³/mol. The van der Waals surface area contributed by atoms with Gasteiger partial charge in [-0.1, -0.05) is 12.1 Å². The number of diazo groups is 1. The predicted octanol–water partition coefficient (Wildman–Crippen LogP) is 2.41. The average molecular weight is 248 g/mol. The molecule has 0 spiro atoms. The molecule has 0 fully saturated rings. The first-order valence-electron chi connectivity index (χ1n) is 5.32. The van der Waals surface area contributed by atoms with Crippen LogP contribution in [0.25, 0.3) is 4.98 Å². The monoisotopic (exact) mass is 248 g/mol. The number of aliphatic hydroxyl groups is 1. The first kappa shape index (κ1) is 13.5. The van der Waals surface area contributed by atoms with Crippen LogP contribution in [-0.4, -0.2) is 18.2 Å². The molecule has 0 radical (unpaired) electrons. The number of carbonyl (C=O) groups is 1. The molecule has 2 N–H and O–H groups in total. The van der Waals surface area contributed by atoms with Crippen LogP contribution in [0.4, 0.5) is 5.69 Å². The Kier molecular flexibility index (Phi) is 5.19. The van der Waals surface area contributed by atoms with Crippen molar-refractivity contribution in [3.05, 3.63) is 46.9 Å². The first-order chi connectivity index (χ1) is 8.65. The van der Waals surface area contributed by atoms with E-state index in [1.165, 1.54) is 7.11 Å². The number of anilines is 1. The third-order valence-electron chi connectivity index (χ3n) is 2.25. The van der Waals surface area contributed by atoms with Gasteiger partial charge in [-0.3, -0.25) is 4.79 Å². The third kappa shape index (κ3) is 4.53. The number of carbonyl (C=O) groups excluding carboxylic acids is 1. The lowest BCUT2D eigenvalue weighted by Crippen LogP contribution is -2.02. The normalized spacial score (nSPS) is 10.6. The fourth-order valence-corrected chi connectivity index (χ4v) is 1.34. The minimum absolute atomic E-state index is 0.248. The van der Waals surface area contributed by atoms with E-state index in [2.05, 4.69) is 15.0 Å². The molecule has 6 nitrogen and oxygen atoms in total. The van der Waals surface area contributed by atoms with E-state index in [1.54, 1.807) is 12.1 Å². The van der Waals surface area contributed by atoms with Crippen LogP contribution in [0.15, 0.2) is 36.3 Å². The SMILES string of the molecule is COC(=O)CCc1ccc(NC(O)=C[N+]#N)cc1. The maximum atomic E-state index is 11.0. The molecule has 0 saturated heterocycles. The molecule has 18 heavy (non-hydrogen) atoms. The highest BCUT2D eigenvalue weighted by atomic mass is 16.5. The summed E-state index contributed by atoms with van der Waals surface area (Å²) >= 11 is 0. The Hall–Kier alpha value is -2.55. The van der Waals surface area contributed by atoms with E-state index >= 15 is 0 Å². The second-order valence-electron chi connectivity index (χ2n) is 3.53. The van der Waals surface area contributed by atoms with E-state index < -0.39 is 0 Å². The molecule has 1 aromatic carbocycles. The zero-order valence-corrected chi connectivity index (χ0v) is 9.96. The number of nitrogens with one attached hydrogen (secondary N) is 1. The van der Waals surface area contributed by atoms with E-state index in [-0.39, 0.29) is 11.9 Å². The number of ether oxygens (including phenoxy) is 1. The largest absolute Gasteiger partial charge is 0.489 e. The Morgan fingerprint density at radius 2 is 2.17 bits per heavy atom. The summed E-state index contributed by atoms with van der Waals surface area (Å²) in [6.07, 6.45) is 1.81. The number of aryl methyl sites for hydroxylation is 1. The van der Waals surface area contributed by atoms with E-state index in [1.807, 2.05) is 12.1 Å². The van der Waals surface area contributed by atoms with E-state index in [0.29, 0.717) is 18.5 Å². The molecule has 0 atom stereocenters. The Morgan fingerprint density at radius 1 is 1.50 bits per heavy atom. The lowest BCUT2D eigenvalue weighted by atomic mass is 10.1. The Balaban J connectivity index is 2.55. The lowest BCUT2D eigenvalue weighted by molar-refractivity contribution is -0.140. The van der Waals surface area contributed by atoms with Crippen molar-refractivity contribution in [2.45, 2.75) is 12.8 Å². The van der Waals surface area contributed by atoms with E-state index in [4.69, 9.17) is 5.39 Å². The molecular weight excluding hydrogens is 234 g/mol. The van der Waals surface area contributed by atoms with Crippen LogP contribution in [0, 0.1) is 5.39 Å². The molecule has 0 heterocycles. The van der Waals surface area contributed by atoms with Gasteiger partial charge in [0.05, 0.1) is 7.11 Å². The summed E-state index contributed by atoms with van der Waals surface area (Å²) < 4.78 is 4.55. The van der Waals surface area contributed by atoms with Crippen LogP contribution in [0.2, 0.25) is 0 Å². The molecule has 0 bridgehead atoms. The summed E-state index contributed by atoms with van der Waals surface area (Å²) in [6, 6.07) is 7.14. The highest BCUT2D eigenvalue weighted by Crippen LogP contribution is 2.12. The van der Waals surface area contributed by atoms with Gasteiger partial charge in [-0.15, -0.1) is 0 Å². The molecule has 0 aliphatic carbocycles. The minimum atomic E-state index is -0.264. The van der Waals surface area contributed by atoms with Crippen LogP contribution in [0.5, 0.6) is 0 Å².